The number of rotatable bonds is 5. The largest absolute Gasteiger partial charge is 0.497 e. The van der Waals surface area contributed by atoms with Gasteiger partial charge in [0.1, 0.15) is 11.4 Å². The Labute approximate surface area is 181 Å². The number of hydrogen-bond acceptors (Lipinski definition) is 4. The molecule has 0 spiro atoms. The van der Waals surface area contributed by atoms with Crippen LogP contribution < -0.4 is 4.74 Å². The zero-order chi connectivity index (χ0) is 23.1. The second kappa shape index (κ2) is 7.83. The van der Waals surface area contributed by atoms with E-state index in [1.807, 2.05) is 0 Å². The maximum Gasteiger partial charge on any atom is 0.416 e. The van der Waals surface area contributed by atoms with Gasteiger partial charge < -0.3 is 4.74 Å². The van der Waals surface area contributed by atoms with E-state index in [0.29, 0.717) is 17.2 Å². The molecule has 9 heteroatoms. The van der Waals surface area contributed by atoms with E-state index < -0.39 is 27.5 Å². The van der Waals surface area contributed by atoms with Crippen LogP contribution in [0.15, 0.2) is 83.8 Å². The van der Waals surface area contributed by atoms with Crippen molar-refractivity contribution in [1.29, 1.82) is 0 Å². The fourth-order valence-electron chi connectivity index (χ4n) is 3.40. The molecular weight excluding hydrogens is 443 g/mol. The lowest BCUT2D eigenvalue weighted by atomic mass is 10.0. The summed E-state index contributed by atoms with van der Waals surface area (Å²) in [5.74, 6) is -0.421. The summed E-state index contributed by atoms with van der Waals surface area (Å²) in [7, 11) is -2.79. The summed E-state index contributed by atoms with van der Waals surface area (Å²) in [5, 5.41) is 0.388. The predicted molar refractivity (Wildman–Crippen MR) is 112 cm³/mol. The van der Waals surface area contributed by atoms with Crippen LogP contribution in [-0.2, 0) is 16.2 Å². The third-order valence-electron chi connectivity index (χ3n) is 4.93. The third kappa shape index (κ3) is 3.75. The molecule has 0 saturated carbocycles. The van der Waals surface area contributed by atoms with Crippen LogP contribution in [0.2, 0.25) is 0 Å². The van der Waals surface area contributed by atoms with Crippen molar-refractivity contribution in [2.24, 2.45) is 0 Å². The molecule has 0 bridgehead atoms. The molecule has 164 valence electrons. The molecule has 0 aliphatic rings. The zero-order valence-corrected chi connectivity index (χ0v) is 17.4. The van der Waals surface area contributed by atoms with Crippen LogP contribution in [0.3, 0.4) is 0 Å². The second-order valence-corrected chi connectivity index (χ2v) is 8.73. The van der Waals surface area contributed by atoms with Gasteiger partial charge in [-0.2, -0.15) is 13.2 Å². The highest BCUT2D eigenvalue weighted by Crippen LogP contribution is 2.32. The van der Waals surface area contributed by atoms with Crippen LogP contribution in [0.1, 0.15) is 21.6 Å². The monoisotopic (exact) mass is 459 g/mol. The Morgan fingerprint density at radius 3 is 2.28 bits per heavy atom. The molecular formula is C23H16F3NO4S. The maximum atomic E-state index is 13.4. The number of halogens is 3. The zero-order valence-electron chi connectivity index (χ0n) is 16.6. The maximum absolute atomic E-state index is 13.4. The van der Waals surface area contributed by atoms with Crippen LogP contribution in [0.4, 0.5) is 13.2 Å². The lowest BCUT2D eigenvalue weighted by Gasteiger charge is -2.13. The van der Waals surface area contributed by atoms with Crippen molar-refractivity contribution in [1.82, 2.24) is 3.97 Å². The van der Waals surface area contributed by atoms with Crippen LogP contribution in [0.25, 0.3) is 10.9 Å². The molecule has 3 aromatic carbocycles. The van der Waals surface area contributed by atoms with E-state index in [4.69, 9.17) is 4.74 Å². The molecule has 0 amide bonds. The van der Waals surface area contributed by atoms with Crippen LogP contribution in [0.5, 0.6) is 5.75 Å². The topological polar surface area (TPSA) is 65.4 Å². The van der Waals surface area contributed by atoms with Gasteiger partial charge in [-0.05, 0) is 48.5 Å². The van der Waals surface area contributed by atoms with Crippen molar-refractivity contribution < 1.29 is 31.1 Å². The summed E-state index contributed by atoms with van der Waals surface area (Å²) in [5.41, 5.74) is -1.36. The molecule has 0 radical (unpaired) electrons. The molecule has 4 rings (SSSR count). The Morgan fingerprint density at radius 1 is 0.906 bits per heavy atom. The fourth-order valence-corrected chi connectivity index (χ4v) is 4.93. The number of hydrogen-bond donors (Lipinski definition) is 0. The van der Waals surface area contributed by atoms with Crippen molar-refractivity contribution in [3.8, 4) is 5.75 Å². The molecule has 0 saturated heterocycles. The van der Waals surface area contributed by atoms with Gasteiger partial charge in [-0.1, -0.05) is 30.3 Å². The van der Waals surface area contributed by atoms with E-state index in [1.54, 1.807) is 12.1 Å². The number of methoxy groups -OCH3 is 1. The van der Waals surface area contributed by atoms with Gasteiger partial charge in [-0.15, -0.1) is 0 Å². The van der Waals surface area contributed by atoms with E-state index in [-0.39, 0.29) is 21.7 Å². The van der Waals surface area contributed by atoms with Crippen molar-refractivity contribution in [3.05, 3.63) is 95.7 Å². The quantitative estimate of drug-likeness (QED) is 0.388. The van der Waals surface area contributed by atoms with Gasteiger partial charge in [-0.25, -0.2) is 12.4 Å². The fraction of sp³-hybridized carbons (Fsp3) is 0.0870. The molecule has 0 unspecified atom stereocenters. The summed E-state index contributed by atoms with van der Waals surface area (Å²) in [4.78, 5) is 13.2. The van der Waals surface area contributed by atoms with Crippen LogP contribution in [0, 0.1) is 0 Å². The van der Waals surface area contributed by atoms with Crippen molar-refractivity contribution >= 4 is 26.7 Å². The predicted octanol–water partition coefficient (Wildman–Crippen LogP) is 5.14. The first-order chi connectivity index (χ1) is 15.1. The number of aromatic nitrogens is 1. The number of ether oxygens (including phenoxy) is 1. The van der Waals surface area contributed by atoms with Crippen LogP contribution in [-0.4, -0.2) is 25.3 Å². The highest BCUT2D eigenvalue weighted by molar-refractivity contribution is 7.90. The van der Waals surface area contributed by atoms with E-state index in [0.717, 1.165) is 16.1 Å². The summed E-state index contributed by atoms with van der Waals surface area (Å²) in [6.07, 6.45) is -4.65. The summed E-state index contributed by atoms with van der Waals surface area (Å²) in [6, 6.07) is 17.3. The number of benzene rings is 3. The summed E-state index contributed by atoms with van der Waals surface area (Å²) in [6.45, 7) is 0. The molecule has 0 aliphatic heterocycles. The first kappa shape index (κ1) is 21.6. The van der Waals surface area contributed by atoms with Crippen LogP contribution >= 0.6 is 0 Å². The standard InChI is InChI=1S/C23H16F3NO4S/c1-31-18-10-11-20-16(13-18)14-21(27(20)32(29,30)19-8-3-2-4-9-19)22(28)15-6-5-7-17(12-15)23(24,25)26/h2-14H,1H3. The normalized spacial score (nSPS) is 12.1. The average Bonchev–Trinajstić information content (AvgIpc) is 3.18. The summed E-state index contributed by atoms with van der Waals surface area (Å²) < 4.78 is 72.4. The molecule has 0 atom stereocenters. The summed E-state index contributed by atoms with van der Waals surface area (Å²) >= 11 is 0. The molecule has 32 heavy (non-hydrogen) atoms. The number of carbonyl (C=O) groups excluding carboxylic acids is 1. The Hall–Kier alpha value is -3.59. The highest BCUT2D eigenvalue weighted by Gasteiger charge is 2.32. The van der Waals surface area contributed by atoms with Gasteiger partial charge in [0.15, 0.2) is 0 Å². The minimum absolute atomic E-state index is 0.0635. The van der Waals surface area contributed by atoms with Crippen molar-refractivity contribution in [3.63, 3.8) is 0 Å². The van der Waals surface area contributed by atoms with E-state index in [1.165, 1.54) is 55.6 Å². The number of ketones is 1. The third-order valence-corrected chi connectivity index (χ3v) is 6.67. The second-order valence-electron chi connectivity index (χ2n) is 6.94. The minimum atomic E-state index is -4.65. The first-order valence-electron chi connectivity index (χ1n) is 9.35. The molecule has 5 nitrogen and oxygen atoms in total. The van der Waals surface area contributed by atoms with Crippen molar-refractivity contribution in [2.75, 3.05) is 7.11 Å². The Balaban J connectivity index is 1.97. The molecule has 0 aliphatic carbocycles. The van der Waals surface area contributed by atoms with Gasteiger partial charge in [-0.3, -0.25) is 4.79 Å². The first-order valence-corrected chi connectivity index (χ1v) is 10.8. The molecule has 0 fully saturated rings. The molecule has 0 N–H and O–H groups in total. The number of alkyl halides is 3. The average molecular weight is 459 g/mol. The van der Waals surface area contributed by atoms with Gasteiger partial charge in [0, 0.05) is 10.9 Å². The Morgan fingerprint density at radius 2 is 1.62 bits per heavy atom. The van der Waals surface area contributed by atoms with E-state index >= 15 is 0 Å². The van der Waals surface area contributed by atoms with Gasteiger partial charge in [0.05, 0.1) is 23.1 Å². The minimum Gasteiger partial charge on any atom is -0.497 e. The van der Waals surface area contributed by atoms with E-state index in [2.05, 4.69) is 0 Å². The van der Waals surface area contributed by atoms with E-state index in [9.17, 15) is 26.4 Å². The molecule has 1 heterocycles. The Bertz CT molecular complexity index is 1420. The number of nitrogens with zero attached hydrogens (tertiary/aromatic N) is 1. The lowest BCUT2D eigenvalue weighted by molar-refractivity contribution is -0.137. The molecule has 4 aromatic rings. The lowest BCUT2D eigenvalue weighted by Crippen LogP contribution is -2.19. The number of fused-ring (bicyclic) bond motifs is 1. The van der Waals surface area contributed by atoms with Gasteiger partial charge in [0.25, 0.3) is 10.0 Å². The van der Waals surface area contributed by atoms with Gasteiger partial charge in [0.2, 0.25) is 5.78 Å². The number of carbonyl (C=O) groups is 1. The highest BCUT2D eigenvalue weighted by atomic mass is 32.2. The smallest absolute Gasteiger partial charge is 0.416 e. The van der Waals surface area contributed by atoms with Gasteiger partial charge >= 0.3 is 6.18 Å². The molecule has 1 aromatic heterocycles. The Kier molecular flexibility index (Phi) is 5.29. The van der Waals surface area contributed by atoms with Crippen molar-refractivity contribution in [2.45, 2.75) is 11.1 Å². The SMILES string of the molecule is COc1ccc2c(c1)cc(C(=O)c1cccc(C(F)(F)F)c1)n2S(=O)(=O)c1ccccc1.